The lowest BCUT2D eigenvalue weighted by Crippen LogP contribution is -2.54. The first-order chi connectivity index (χ1) is 11.2. The number of unbranched alkanes of at least 4 members (excludes halogenated alkanes) is 6. The fraction of sp³-hybridized carbons (Fsp3) is 0.895. The molecule has 0 unspecified atom stereocenters. The smallest absolute Gasteiger partial charge is 0.114 e. The van der Waals surface area contributed by atoms with E-state index in [2.05, 4.69) is 19.9 Å². The molecule has 0 amide bonds. The summed E-state index contributed by atoms with van der Waals surface area (Å²) in [7, 11) is 1.63. The van der Waals surface area contributed by atoms with Crippen molar-refractivity contribution in [2.24, 2.45) is 0 Å². The highest BCUT2D eigenvalue weighted by Crippen LogP contribution is 2.22. The summed E-state index contributed by atoms with van der Waals surface area (Å²) >= 11 is 0. The van der Waals surface area contributed by atoms with Crippen LogP contribution in [0.5, 0.6) is 0 Å². The zero-order chi connectivity index (χ0) is 16.9. The molecule has 0 saturated carbocycles. The average molecular weight is 328 g/mol. The Morgan fingerprint density at radius 1 is 1.09 bits per heavy atom. The summed E-state index contributed by atoms with van der Waals surface area (Å²) in [6, 6.07) is 0. The molecule has 0 aromatic rings. The van der Waals surface area contributed by atoms with Gasteiger partial charge in [0, 0.05) is 13.7 Å². The van der Waals surface area contributed by atoms with Gasteiger partial charge in [-0.1, -0.05) is 58.1 Å². The minimum Gasteiger partial charge on any atom is -0.387 e. The molecule has 136 valence electrons. The molecule has 1 saturated heterocycles. The molecular formula is C19H36O4. The van der Waals surface area contributed by atoms with Gasteiger partial charge in [-0.3, -0.25) is 0 Å². The highest BCUT2D eigenvalue weighted by atomic mass is 16.6. The van der Waals surface area contributed by atoms with E-state index in [1.54, 1.807) is 7.11 Å². The molecule has 1 aliphatic heterocycles. The number of hydrogen-bond donors (Lipinski definition) is 1. The van der Waals surface area contributed by atoms with E-state index >= 15 is 0 Å². The molecule has 0 spiro atoms. The van der Waals surface area contributed by atoms with E-state index in [-0.39, 0.29) is 18.3 Å². The first kappa shape index (κ1) is 20.6. The lowest BCUT2D eigenvalue weighted by molar-refractivity contribution is -0.198. The topological polar surface area (TPSA) is 47.9 Å². The fourth-order valence-corrected chi connectivity index (χ4v) is 2.88. The van der Waals surface area contributed by atoms with Crippen molar-refractivity contribution in [1.82, 2.24) is 0 Å². The van der Waals surface area contributed by atoms with Gasteiger partial charge in [0.15, 0.2) is 0 Å². The van der Waals surface area contributed by atoms with Gasteiger partial charge in [-0.25, -0.2) is 0 Å². The van der Waals surface area contributed by atoms with Gasteiger partial charge in [0.05, 0.1) is 6.61 Å². The predicted molar refractivity (Wildman–Crippen MR) is 93.7 cm³/mol. The standard InChI is InChI=1S/C19H36O4/c1-4-6-8-9-10-11-12-13-16-18(20)19(21-3)17(15-23-16)22-14-7-5-2/h12-13,16-20H,4-11,14-15H2,1-3H3/t16-,17+,18+,19-/m0/s1. The maximum Gasteiger partial charge on any atom is 0.114 e. The Morgan fingerprint density at radius 2 is 1.83 bits per heavy atom. The van der Waals surface area contributed by atoms with Crippen LogP contribution in [0.1, 0.15) is 65.2 Å². The maximum atomic E-state index is 10.4. The summed E-state index contributed by atoms with van der Waals surface area (Å²) < 4.78 is 17.0. The molecule has 1 rings (SSSR count). The summed E-state index contributed by atoms with van der Waals surface area (Å²) in [5, 5.41) is 10.4. The van der Waals surface area contributed by atoms with Gasteiger partial charge in [0.2, 0.25) is 0 Å². The van der Waals surface area contributed by atoms with Gasteiger partial charge < -0.3 is 19.3 Å². The van der Waals surface area contributed by atoms with E-state index in [9.17, 15) is 5.11 Å². The molecule has 0 aromatic carbocycles. The van der Waals surface area contributed by atoms with Crippen LogP contribution in [0.25, 0.3) is 0 Å². The molecule has 1 N–H and O–H groups in total. The van der Waals surface area contributed by atoms with Gasteiger partial charge in [0.25, 0.3) is 0 Å². The van der Waals surface area contributed by atoms with Crippen LogP contribution in [0.2, 0.25) is 0 Å². The summed E-state index contributed by atoms with van der Waals surface area (Å²) in [5.41, 5.74) is 0. The highest BCUT2D eigenvalue weighted by molar-refractivity contribution is 5.00. The van der Waals surface area contributed by atoms with Crippen LogP contribution in [0.3, 0.4) is 0 Å². The van der Waals surface area contributed by atoms with Crippen molar-refractivity contribution in [2.45, 2.75) is 89.6 Å². The largest absolute Gasteiger partial charge is 0.387 e. The molecule has 0 radical (unpaired) electrons. The quantitative estimate of drug-likeness (QED) is 0.436. The summed E-state index contributed by atoms with van der Waals surface area (Å²) in [5.74, 6) is 0. The first-order valence-corrected chi connectivity index (χ1v) is 9.35. The van der Waals surface area contributed by atoms with Crippen molar-refractivity contribution in [3.8, 4) is 0 Å². The van der Waals surface area contributed by atoms with E-state index < -0.39 is 6.10 Å². The summed E-state index contributed by atoms with van der Waals surface area (Å²) in [6.07, 6.45) is 12.2. The minimum absolute atomic E-state index is 0.180. The molecule has 0 bridgehead atoms. The zero-order valence-electron chi connectivity index (χ0n) is 15.2. The Bertz CT molecular complexity index is 306. The lowest BCUT2D eigenvalue weighted by atomic mass is 9.99. The molecule has 0 aliphatic carbocycles. The molecule has 4 nitrogen and oxygen atoms in total. The summed E-state index contributed by atoms with van der Waals surface area (Å²) in [4.78, 5) is 0. The van der Waals surface area contributed by atoms with E-state index in [0.29, 0.717) is 13.2 Å². The van der Waals surface area contributed by atoms with E-state index in [1.165, 1.54) is 32.1 Å². The predicted octanol–water partition coefficient (Wildman–Crippen LogP) is 3.86. The van der Waals surface area contributed by atoms with Gasteiger partial charge in [-0.2, -0.15) is 0 Å². The molecule has 4 heteroatoms. The average Bonchev–Trinajstić information content (AvgIpc) is 2.56. The fourth-order valence-electron chi connectivity index (χ4n) is 2.88. The Labute approximate surface area is 142 Å². The van der Waals surface area contributed by atoms with Crippen LogP contribution in [0, 0.1) is 0 Å². The summed E-state index contributed by atoms with van der Waals surface area (Å²) in [6.45, 7) is 5.53. The number of methoxy groups -OCH3 is 1. The number of rotatable bonds is 12. The van der Waals surface area contributed by atoms with Crippen molar-refractivity contribution >= 4 is 0 Å². The van der Waals surface area contributed by atoms with E-state index in [4.69, 9.17) is 14.2 Å². The molecule has 1 fully saturated rings. The van der Waals surface area contributed by atoms with E-state index in [0.717, 1.165) is 19.3 Å². The number of hydrogen-bond acceptors (Lipinski definition) is 4. The van der Waals surface area contributed by atoms with Crippen LogP contribution in [0.15, 0.2) is 12.2 Å². The lowest BCUT2D eigenvalue weighted by Gasteiger charge is -2.38. The molecule has 0 aromatic heterocycles. The molecular weight excluding hydrogens is 292 g/mol. The van der Waals surface area contributed by atoms with Gasteiger partial charge in [-0.15, -0.1) is 0 Å². The number of allylic oxidation sites excluding steroid dienone is 1. The third-order valence-corrected chi connectivity index (χ3v) is 4.39. The second kappa shape index (κ2) is 12.9. The Balaban J connectivity index is 2.32. The van der Waals surface area contributed by atoms with Crippen LogP contribution < -0.4 is 0 Å². The molecule has 4 atom stereocenters. The number of ether oxygens (including phenoxy) is 3. The number of aliphatic hydroxyl groups excluding tert-OH is 1. The third-order valence-electron chi connectivity index (χ3n) is 4.39. The van der Waals surface area contributed by atoms with Crippen molar-refractivity contribution < 1.29 is 19.3 Å². The minimum atomic E-state index is -0.670. The number of aliphatic hydroxyl groups is 1. The zero-order valence-corrected chi connectivity index (χ0v) is 15.2. The maximum absolute atomic E-state index is 10.4. The van der Waals surface area contributed by atoms with Crippen LogP contribution >= 0.6 is 0 Å². The van der Waals surface area contributed by atoms with Crippen LogP contribution in [0.4, 0.5) is 0 Å². The normalized spacial score (nSPS) is 28.5. The van der Waals surface area contributed by atoms with Gasteiger partial charge in [-0.05, 0) is 19.3 Å². The molecule has 1 aliphatic rings. The SMILES string of the molecule is CCCCCCCC=C[C@@H]1OC[C@@H](OCCCC)[C@H](OC)[C@@H]1O. The van der Waals surface area contributed by atoms with Gasteiger partial charge in [0.1, 0.15) is 24.4 Å². The van der Waals surface area contributed by atoms with Crippen molar-refractivity contribution in [2.75, 3.05) is 20.3 Å². The Morgan fingerprint density at radius 3 is 2.52 bits per heavy atom. The van der Waals surface area contributed by atoms with Crippen LogP contribution in [-0.2, 0) is 14.2 Å². The Hall–Kier alpha value is -0.420. The van der Waals surface area contributed by atoms with Crippen molar-refractivity contribution in [3.05, 3.63) is 12.2 Å². The van der Waals surface area contributed by atoms with E-state index in [1.807, 2.05) is 6.08 Å². The third kappa shape index (κ3) is 7.79. The first-order valence-electron chi connectivity index (χ1n) is 9.35. The second-order valence-electron chi connectivity index (χ2n) is 6.38. The second-order valence-corrected chi connectivity index (χ2v) is 6.38. The Kier molecular flexibility index (Phi) is 11.6. The molecule has 1 heterocycles. The molecule has 23 heavy (non-hydrogen) atoms. The highest BCUT2D eigenvalue weighted by Gasteiger charge is 2.39. The monoisotopic (exact) mass is 328 g/mol. The van der Waals surface area contributed by atoms with Gasteiger partial charge >= 0.3 is 0 Å². The van der Waals surface area contributed by atoms with Crippen molar-refractivity contribution in [1.29, 1.82) is 0 Å². The van der Waals surface area contributed by atoms with Crippen LogP contribution in [-0.4, -0.2) is 49.8 Å². The van der Waals surface area contributed by atoms with Crippen molar-refractivity contribution in [3.63, 3.8) is 0 Å².